The van der Waals surface area contributed by atoms with Crippen molar-refractivity contribution in [2.24, 2.45) is 7.05 Å². The Morgan fingerprint density at radius 2 is 1.97 bits per heavy atom. The van der Waals surface area contributed by atoms with Gasteiger partial charge in [0, 0.05) is 20.1 Å². The Morgan fingerprint density at radius 1 is 1.25 bits per heavy atom. The molecule has 0 fully saturated rings. The van der Waals surface area contributed by atoms with Crippen LogP contribution in [0.1, 0.15) is 19.4 Å². The number of aromatic nitrogens is 4. The molecule has 0 aliphatic heterocycles. The maximum absolute atomic E-state index is 12.6. The highest BCUT2D eigenvalue weighted by atomic mass is 16.5. The van der Waals surface area contributed by atoms with Crippen LogP contribution in [0.5, 0.6) is 5.75 Å². The number of aromatic amines is 1. The van der Waals surface area contributed by atoms with Crippen molar-refractivity contribution in [3.05, 3.63) is 50.7 Å². The molecule has 1 atom stereocenters. The molecule has 3 aromatic rings. The Labute approximate surface area is 186 Å². The minimum atomic E-state index is -0.896. The fraction of sp³-hybridized carbons (Fsp3) is 0.500. The van der Waals surface area contributed by atoms with Crippen molar-refractivity contribution in [3.8, 4) is 5.75 Å². The molecule has 3 N–H and O–H groups in total. The third-order valence-corrected chi connectivity index (χ3v) is 5.53. The SMILES string of the molecule is CCN(CC)CCNc1nc2c(c(=O)[nH]c(=O)n2C)n1C[C@H](O)COc1ccccc1C. The van der Waals surface area contributed by atoms with E-state index < -0.39 is 17.4 Å². The smallest absolute Gasteiger partial charge is 0.329 e. The number of likely N-dealkylation sites (N-methyl/N-ethyl adjacent to an activating group) is 1. The van der Waals surface area contributed by atoms with E-state index in [1.165, 1.54) is 4.57 Å². The number of rotatable bonds is 11. The van der Waals surface area contributed by atoms with E-state index in [1.807, 2.05) is 31.2 Å². The lowest BCUT2D eigenvalue weighted by Crippen LogP contribution is -2.31. The lowest BCUT2D eigenvalue weighted by Gasteiger charge is -2.19. The predicted molar refractivity (Wildman–Crippen MR) is 125 cm³/mol. The highest BCUT2D eigenvalue weighted by Gasteiger charge is 2.20. The lowest BCUT2D eigenvalue weighted by atomic mass is 10.2. The number of ether oxygens (including phenoxy) is 1. The molecule has 0 saturated heterocycles. The zero-order valence-electron chi connectivity index (χ0n) is 19.1. The Kier molecular flexibility index (Phi) is 7.70. The van der Waals surface area contributed by atoms with Crippen molar-refractivity contribution in [2.75, 3.05) is 38.1 Å². The van der Waals surface area contributed by atoms with Gasteiger partial charge in [-0.05, 0) is 31.6 Å². The van der Waals surface area contributed by atoms with Gasteiger partial charge < -0.3 is 24.6 Å². The number of para-hydroxylation sites is 1. The monoisotopic (exact) mass is 444 g/mol. The number of anilines is 1. The Morgan fingerprint density at radius 3 is 2.66 bits per heavy atom. The highest BCUT2D eigenvalue weighted by Crippen LogP contribution is 2.18. The van der Waals surface area contributed by atoms with Crippen LogP contribution in [-0.2, 0) is 13.6 Å². The van der Waals surface area contributed by atoms with Crippen molar-refractivity contribution in [1.82, 2.24) is 24.0 Å². The molecule has 1 aromatic carbocycles. The number of nitrogens with one attached hydrogen (secondary N) is 2. The standard InChI is InChI=1S/C22H32N6O4/c1-5-27(6-2)12-11-23-21-24-19-18(20(30)25-22(31)26(19)4)28(21)13-16(29)14-32-17-10-8-7-9-15(17)3/h7-10,16,29H,5-6,11-14H2,1-4H3,(H,23,24)(H,25,30,31)/t16-/m0/s1. The predicted octanol–water partition coefficient (Wildman–Crippen LogP) is 0.925. The van der Waals surface area contributed by atoms with E-state index in [-0.39, 0.29) is 24.3 Å². The van der Waals surface area contributed by atoms with E-state index >= 15 is 0 Å². The minimum Gasteiger partial charge on any atom is -0.491 e. The summed E-state index contributed by atoms with van der Waals surface area (Å²) in [7, 11) is 1.55. The first kappa shape index (κ1) is 23.6. The van der Waals surface area contributed by atoms with E-state index in [4.69, 9.17) is 4.74 Å². The second-order valence-electron chi connectivity index (χ2n) is 7.72. The van der Waals surface area contributed by atoms with Crippen LogP contribution in [0.25, 0.3) is 11.2 Å². The zero-order valence-corrected chi connectivity index (χ0v) is 19.1. The van der Waals surface area contributed by atoms with Gasteiger partial charge in [0.25, 0.3) is 5.56 Å². The zero-order chi connectivity index (χ0) is 23.3. The first-order valence-corrected chi connectivity index (χ1v) is 10.9. The number of imidazole rings is 1. The van der Waals surface area contributed by atoms with Crippen LogP contribution >= 0.6 is 0 Å². The lowest BCUT2D eigenvalue weighted by molar-refractivity contribution is 0.0935. The first-order chi connectivity index (χ1) is 15.3. The van der Waals surface area contributed by atoms with Gasteiger partial charge in [0.1, 0.15) is 18.5 Å². The molecule has 2 aromatic heterocycles. The fourth-order valence-electron chi connectivity index (χ4n) is 3.58. The van der Waals surface area contributed by atoms with Gasteiger partial charge in [-0.3, -0.25) is 14.3 Å². The fourth-order valence-corrected chi connectivity index (χ4v) is 3.58. The van der Waals surface area contributed by atoms with Gasteiger partial charge in [0.15, 0.2) is 11.2 Å². The highest BCUT2D eigenvalue weighted by molar-refractivity contribution is 5.74. The molecule has 0 bridgehead atoms. The number of aliphatic hydroxyl groups is 1. The molecular formula is C22H32N6O4. The van der Waals surface area contributed by atoms with Crippen LogP contribution in [0.2, 0.25) is 0 Å². The molecule has 0 aliphatic carbocycles. The summed E-state index contributed by atoms with van der Waals surface area (Å²) in [6.07, 6.45) is -0.896. The summed E-state index contributed by atoms with van der Waals surface area (Å²) < 4.78 is 8.67. The number of hydrogen-bond acceptors (Lipinski definition) is 7. The largest absolute Gasteiger partial charge is 0.491 e. The van der Waals surface area contributed by atoms with E-state index in [0.717, 1.165) is 25.2 Å². The molecule has 0 spiro atoms. The summed E-state index contributed by atoms with van der Waals surface area (Å²) >= 11 is 0. The van der Waals surface area contributed by atoms with Gasteiger partial charge in [-0.15, -0.1) is 0 Å². The molecule has 32 heavy (non-hydrogen) atoms. The van der Waals surface area contributed by atoms with Gasteiger partial charge in [-0.25, -0.2) is 4.79 Å². The second-order valence-corrected chi connectivity index (χ2v) is 7.72. The van der Waals surface area contributed by atoms with Crippen molar-refractivity contribution in [2.45, 2.75) is 33.4 Å². The number of hydrogen-bond donors (Lipinski definition) is 3. The number of H-pyrrole nitrogens is 1. The first-order valence-electron chi connectivity index (χ1n) is 10.9. The van der Waals surface area contributed by atoms with Crippen molar-refractivity contribution in [1.29, 1.82) is 0 Å². The van der Waals surface area contributed by atoms with Crippen LogP contribution in [-0.4, -0.2) is 68.0 Å². The van der Waals surface area contributed by atoms with E-state index in [9.17, 15) is 14.7 Å². The van der Waals surface area contributed by atoms with Crippen molar-refractivity contribution >= 4 is 17.1 Å². The maximum atomic E-state index is 12.6. The summed E-state index contributed by atoms with van der Waals surface area (Å²) in [6.45, 7) is 9.51. The van der Waals surface area contributed by atoms with Gasteiger partial charge in [-0.2, -0.15) is 4.98 Å². The second kappa shape index (κ2) is 10.5. The van der Waals surface area contributed by atoms with Crippen molar-refractivity contribution in [3.63, 3.8) is 0 Å². The molecule has 0 amide bonds. The van der Waals surface area contributed by atoms with E-state index in [2.05, 4.69) is 34.0 Å². The molecule has 0 saturated carbocycles. The molecule has 10 heteroatoms. The topological polar surface area (TPSA) is 117 Å². The number of fused-ring (bicyclic) bond motifs is 1. The van der Waals surface area contributed by atoms with Crippen LogP contribution in [0.3, 0.4) is 0 Å². The Hall–Kier alpha value is -3.11. The molecule has 2 heterocycles. The molecular weight excluding hydrogens is 412 g/mol. The molecule has 0 radical (unpaired) electrons. The van der Waals surface area contributed by atoms with Gasteiger partial charge in [0.05, 0.1) is 6.54 Å². The van der Waals surface area contributed by atoms with Crippen molar-refractivity contribution < 1.29 is 9.84 Å². The van der Waals surface area contributed by atoms with Gasteiger partial charge in [-0.1, -0.05) is 32.0 Å². The number of benzene rings is 1. The minimum absolute atomic E-state index is 0.0487. The molecule has 174 valence electrons. The van der Waals surface area contributed by atoms with Crippen LogP contribution in [0.4, 0.5) is 5.95 Å². The van der Waals surface area contributed by atoms with Crippen LogP contribution in [0.15, 0.2) is 33.9 Å². The van der Waals surface area contributed by atoms with E-state index in [0.29, 0.717) is 18.2 Å². The van der Waals surface area contributed by atoms with Gasteiger partial charge in [0.2, 0.25) is 5.95 Å². The molecule has 0 aliphatic rings. The molecule has 10 nitrogen and oxygen atoms in total. The van der Waals surface area contributed by atoms with Crippen LogP contribution in [0, 0.1) is 6.92 Å². The van der Waals surface area contributed by atoms with Crippen LogP contribution < -0.4 is 21.3 Å². The van der Waals surface area contributed by atoms with Gasteiger partial charge >= 0.3 is 5.69 Å². The summed E-state index contributed by atoms with van der Waals surface area (Å²) in [5.41, 5.74) is 0.381. The summed E-state index contributed by atoms with van der Waals surface area (Å²) in [4.78, 5) is 33.7. The summed E-state index contributed by atoms with van der Waals surface area (Å²) in [5, 5.41) is 13.9. The summed E-state index contributed by atoms with van der Waals surface area (Å²) in [6, 6.07) is 7.57. The average molecular weight is 445 g/mol. The quantitative estimate of drug-likeness (QED) is 0.403. The Balaban J connectivity index is 1.85. The number of nitrogens with zero attached hydrogens (tertiary/aromatic N) is 4. The number of aryl methyl sites for hydroxylation is 2. The Bertz CT molecular complexity index is 1160. The maximum Gasteiger partial charge on any atom is 0.329 e. The molecule has 3 rings (SSSR count). The third-order valence-electron chi connectivity index (χ3n) is 5.53. The third kappa shape index (κ3) is 5.20. The number of aliphatic hydroxyl groups excluding tert-OH is 1. The van der Waals surface area contributed by atoms with E-state index in [1.54, 1.807) is 11.6 Å². The normalized spacial score (nSPS) is 12.4. The average Bonchev–Trinajstić information content (AvgIpc) is 3.13. The summed E-state index contributed by atoms with van der Waals surface area (Å²) in [5.74, 6) is 1.12. The molecule has 0 unspecified atom stereocenters.